The molecular weight excluding hydrogens is 237 g/mol. The zero-order valence-electron chi connectivity index (χ0n) is 9.88. The lowest BCUT2D eigenvalue weighted by atomic mass is 10.00. The summed E-state index contributed by atoms with van der Waals surface area (Å²) in [4.78, 5) is 17.5. The first kappa shape index (κ1) is 14.4. The highest BCUT2D eigenvalue weighted by molar-refractivity contribution is 7.51. The van der Waals surface area contributed by atoms with Crippen LogP contribution in [0.25, 0.3) is 0 Å². The fraction of sp³-hybridized carbons (Fsp3) is 0.500. The van der Waals surface area contributed by atoms with Crippen LogP contribution in [0, 0.1) is 0 Å². The minimum absolute atomic E-state index is 0.0218. The van der Waals surface area contributed by atoms with Crippen LogP contribution in [-0.2, 0) is 17.4 Å². The van der Waals surface area contributed by atoms with Gasteiger partial charge in [-0.1, -0.05) is 24.3 Å². The van der Waals surface area contributed by atoms with Gasteiger partial charge in [-0.05, 0) is 43.4 Å². The lowest BCUT2D eigenvalue weighted by Gasteiger charge is -2.08. The lowest BCUT2D eigenvalue weighted by molar-refractivity contribution is 0.371. The maximum absolute atomic E-state index is 10.7. The minimum Gasteiger partial charge on any atom is -0.330 e. The molecule has 0 aromatic heterocycles. The predicted molar refractivity (Wildman–Crippen MR) is 69.0 cm³/mol. The van der Waals surface area contributed by atoms with Crippen LogP contribution in [0.1, 0.15) is 24.0 Å². The molecule has 0 aliphatic heterocycles. The summed E-state index contributed by atoms with van der Waals surface area (Å²) in [6.45, 7) is 0.624. The second kappa shape index (κ2) is 6.92. The first-order valence-corrected chi connectivity index (χ1v) is 7.64. The fourth-order valence-electron chi connectivity index (χ4n) is 1.83. The van der Waals surface area contributed by atoms with Gasteiger partial charge >= 0.3 is 7.60 Å². The molecule has 0 unspecified atom stereocenters. The van der Waals surface area contributed by atoms with Crippen molar-refractivity contribution in [2.75, 3.05) is 12.7 Å². The molecule has 1 rings (SSSR count). The van der Waals surface area contributed by atoms with E-state index in [1.54, 1.807) is 0 Å². The van der Waals surface area contributed by atoms with Gasteiger partial charge in [0, 0.05) is 6.16 Å². The third-order valence-corrected chi connectivity index (χ3v) is 3.58. The lowest BCUT2D eigenvalue weighted by Crippen LogP contribution is -2.05. The van der Waals surface area contributed by atoms with Gasteiger partial charge in [-0.2, -0.15) is 0 Å². The standard InChI is InChI=1S/C12H20NO3P/c13-9-8-12-6-2-1-5-11(12)7-3-4-10-17(14,15)16/h1-2,5-6H,3-4,7-10,13H2,(H2,14,15,16). The Balaban J connectivity index is 2.43. The second-order valence-corrected chi connectivity index (χ2v) is 5.93. The Morgan fingerprint density at radius 1 is 1.06 bits per heavy atom. The molecule has 0 radical (unpaired) electrons. The molecule has 5 heteroatoms. The van der Waals surface area contributed by atoms with Crippen molar-refractivity contribution >= 4 is 7.60 Å². The molecule has 0 bridgehead atoms. The summed E-state index contributed by atoms with van der Waals surface area (Å²) in [5.74, 6) is 0. The molecule has 0 fully saturated rings. The van der Waals surface area contributed by atoms with E-state index < -0.39 is 7.60 Å². The van der Waals surface area contributed by atoms with Crippen LogP contribution in [0.2, 0.25) is 0 Å². The van der Waals surface area contributed by atoms with Crippen molar-refractivity contribution in [3.8, 4) is 0 Å². The predicted octanol–water partition coefficient (Wildman–Crippen LogP) is 1.69. The summed E-state index contributed by atoms with van der Waals surface area (Å²) in [6, 6.07) is 8.09. The SMILES string of the molecule is NCCc1ccccc1CCCCP(=O)(O)O. The van der Waals surface area contributed by atoms with E-state index in [1.165, 1.54) is 11.1 Å². The molecule has 96 valence electrons. The molecule has 4 N–H and O–H groups in total. The van der Waals surface area contributed by atoms with Crippen LogP contribution in [-0.4, -0.2) is 22.5 Å². The second-order valence-electron chi connectivity index (χ2n) is 4.15. The molecule has 0 heterocycles. The number of benzene rings is 1. The number of hydrogen-bond acceptors (Lipinski definition) is 2. The Bertz CT molecular complexity index is 389. The van der Waals surface area contributed by atoms with Gasteiger partial charge in [-0.3, -0.25) is 4.57 Å². The quantitative estimate of drug-likeness (QED) is 0.512. The van der Waals surface area contributed by atoms with Crippen LogP contribution in [0.3, 0.4) is 0 Å². The molecule has 1 aromatic rings. The molecule has 0 aliphatic rings. The zero-order valence-corrected chi connectivity index (χ0v) is 10.8. The van der Waals surface area contributed by atoms with Gasteiger partial charge in [0.1, 0.15) is 0 Å². The van der Waals surface area contributed by atoms with E-state index in [0.29, 0.717) is 13.0 Å². The molecule has 0 amide bonds. The summed E-state index contributed by atoms with van der Waals surface area (Å²) >= 11 is 0. The van der Waals surface area contributed by atoms with E-state index in [0.717, 1.165) is 19.3 Å². The highest BCUT2D eigenvalue weighted by Crippen LogP contribution is 2.35. The van der Waals surface area contributed by atoms with Crippen LogP contribution < -0.4 is 5.73 Å². The molecule has 0 atom stereocenters. The molecule has 0 saturated heterocycles. The van der Waals surface area contributed by atoms with Crippen LogP contribution >= 0.6 is 7.60 Å². The van der Waals surface area contributed by atoms with Gasteiger partial charge in [0.15, 0.2) is 0 Å². The average molecular weight is 257 g/mol. The van der Waals surface area contributed by atoms with Crippen molar-refractivity contribution in [3.63, 3.8) is 0 Å². The minimum atomic E-state index is -3.83. The largest absolute Gasteiger partial charge is 0.330 e. The van der Waals surface area contributed by atoms with Gasteiger partial charge in [0.2, 0.25) is 0 Å². The number of nitrogens with two attached hydrogens (primary N) is 1. The Kier molecular flexibility index (Phi) is 5.86. The zero-order chi connectivity index (χ0) is 12.7. The first-order valence-electron chi connectivity index (χ1n) is 5.84. The molecule has 0 aliphatic carbocycles. The van der Waals surface area contributed by atoms with E-state index in [4.69, 9.17) is 15.5 Å². The summed E-state index contributed by atoms with van der Waals surface area (Å²) < 4.78 is 10.7. The van der Waals surface area contributed by atoms with Gasteiger partial charge in [-0.25, -0.2) is 0 Å². The van der Waals surface area contributed by atoms with E-state index >= 15 is 0 Å². The van der Waals surface area contributed by atoms with Gasteiger partial charge in [-0.15, -0.1) is 0 Å². The highest BCUT2D eigenvalue weighted by atomic mass is 31.2. The summed E-state index contributed by atoms with van der Waals surface area (Å²) in [6.07, 6.45) is 3.05. The van der Waals surface area contributed by atoms with Crippen molar-refractivity contribution < 1.29 is 14.4 Å². The Hall–Kier alpha value is -0.670. The smallest absolute Gasteiger partial charge is 0.325 e. The Labute approximate surface area is 102 Å². The number of aryl methyl sites for hydroxylation is 1. The third-order valence-electron chi connectivity index (χ3n) is 2.68. The van der Waals surface area contributed by atoms with Gasteiger partial charge < -0.3 is 15.5 Å². The van der Waals surface area contributed by atoms with Crippen molar-refractivity contribution in [2.45, 2.75) is 25.7 Å². The fourth-order valence-corrected chi connectivity index (χ4v) is 2.47. The normalized spacial score (nSPS) is 11.7. The van der Waals surface area contributed by atoms with Crippen LogP contribution in [0.4, 0.5) is 0 Å². The van der Waals surface area contributed by atoms with Crippen molar-refractivity contribution in [2.24, 2.45) is 5.73 Å². The van der Waals surface area contributed by atoms with E-state index in [2.05, 4.69) is 12.1 Å². The van der Waals surface area contributed by atoms with Crippen molar-refractivity contribution in [1.82, 2.24) is 0 Å². The van der Waals surface area contributed by atoms with E-state index in [-0.39, 0.29) is 6.16 Å². The molecule has 0 saturated carbocycles. The van der Waals surface area contributed by atoms with E-state index in [9.17, 15) is 4.57 Å². The topological polar surface area (TPSA) is 83.6 Å². The maximum Gasteiger partial charge on any atom is 0.325 e. The number of unbranched alkanes of at least 4 members (excludes halogenated alkanes) is 1. The molecule has 4 nitrogen and oxygen atoms in total. The van der Waals surface area contributed by atoms with Gasteiger partial charge in [0.25, 0.3) is 0 Å². The Morgan fingerprint density at radius 2 is 1.65 bits per heavy atom. The highest BCUT2D eigenvalue weighted by Gasteiger charge is 2.11. The molecule has 17 heavy (non-hydrogen) atoms. The first-order chi connectivity index (χ1) is 8.03. The summed E-state index contributed by atoms with van der Waals surface area (Å²) in [5.41, 5.74) is 8.02. The molecule has 1 aromatic carbocycles. The summed E-state index contributed by atoms with van der Waals surface area (Å²) in [7, 11) is -3.83. The molecular formula is C12H20NO3P. The van der Waals surface area contributed by atoms with Crippen LogP contribution in [0.5, 0.6) is 0 Å². The monoisotopic (exact) mass is 257 g/mol. The third kappa shape index (κ3) is 5.99. The summed E-state index contributed by atoms with van der Waals surface area (Å²) in [5, 5.41) is 0. The number of hydrogen-bond donors (Lipinski definition) is 3. The average Bonchev–Trinajstić information content (AvgIpc) is 2.25. The van der Waals surface area contributed by atoms with Gasteiger partial charge in [0.05, 0.1) is 0 Å². The Morgan fingerprint density at radius 3 is 2.18 bits per heavy atom. The maximum atomic E-state index is 10.7. The van der Waals surface area contributed by atoms with Crippen molar-refractivity contribution in [3.05, 3.63) is 35.4 Å². The number of rotatable bonds is 7. The molecule has 0 spiro atoms. The van der Waals surface area contributed by atoms with Crippen molar-refractivity contribution in [1.29, 1.82) is 0 Å². The van der Waals surface area contributed by atoms with Crippen LogP contribution in [0.15, 0.2) is 24.3 Å². The van der Waals surface area contributed by atoms with E-state index in [1.807, 2.05) is 12.1 Å².